The van der Waals surface area contributed by atoms with Gasteiger partial charge in [-0.1, -0.05) is 6.07 Å². The fourth-order valence-electron chi connectivity index (χ4n) is 2.87. The number of hydrogen-bond donors (Lipinski definition) is 0. The largest absolute Gasteiger partial charge is 0.484 e. The Morgan fingerprint density at radius 1 is 1.38 bits per heavy atom. The van der Waals surface area contributed by atoms with E-state index in [-0.39, 0.29) is 24.4 Å². The third-order valence-electron chi connectivity index (χ3n) is 4.23. The Balaban J connectivity index is 1.47. The minimum Gasteiger partial charge on any atom is -0.484 e. The van der Waals surface area contributed by atoms with Crippen LogP contribution in [-0.2, 0) is 16.0 Å². The molecule has 0 aliphatic carbocycles. The maximum atomic E-state index is 13.1. The fraction of sp³-hybridized carbons (Fsp3) is 0.421. The highest BCUT2D eigenvalue weighted by Crippen LogP contribution is 2.14. The molecule has 138 valence electrons. The van der Waals surface area contributed by atoms with E-state index in [0.717, 1.165) is 24.2 Å². The molecule has 1 amide bonds. The van der Waals surface area contributed by atoms with Crippen LogP contribution in [0.25, 0.3) is 0 Å². The molecule has 1 fully saturated rings. The van der Waals surface area contributed by atoms with E-state index in [1.807, 2.05) is 13.0 Å². The van der Waals surface area contributed by atoms with Gasteiger partial charge in [-0.2, -0.15) is 0 Å². The lowest BCUT2D eigenvalue weighted by Crippen LogP contribution is -2.47. The first-order chi connectivity index (χ1) is 12.6. The second-order valence-electron chi connectivity index (χ2n) is 6.27. The molecule has 1 aliphatic heterocycles. The van der Waals surface area contributed by atoms with Gasteiger partial charge in [-0.15, -0.1) is 0 Å². The molecule has 0 saturated carbocycles. The SMILES string of the molecule is Cc1cc(CCC2CN(C(=O)COc3cccc(F)c3)CCO2)ncn1. The summed E-state index contributed by atoms with van der Waals surface area (Å²) in [7, 11) is 0. The Morgan fingerprint density at radius 3 is 3.08 bits per heavy atom. The third kappa shape index (κ3) is 5.23. The summed E-state index contributed by atoms with van der Waals surface area (Å²) >= 11 is 0. The molecule has 1 saturated heterocycles. The van der Waals surface area contributed by atoms with Crippen LogP contribution in [0.15, 0.2) is 36.7 Å². The molecule has 7 heteroatoms. The monoisotopic (exact) mass is 359 g/mol. The van der Waals surface area contributed by atoms with Crippen molar-refractivity contribution in [1.29, 1.82) is 0 Å². The molecular formula is C19H22FN3O3. The molecule has 1 aromatic heterocycles. The lowest BCUT2D eigenvalue weighted by atomic mass is 10.1. The summed E-state index contributed by atoms with van der Waals surface area (Å²) in [4.78, 5) is 22.4. The molecule has 2 heterocycles. The van der Waals surface area contributed by atoms with Crippen LogP contribution in [0.5, 0.6) is 5.75 Å². The molecule has 1 aliphatic rings. The zero-order valence-corrected chi connectivity index (χ0v) is 14.7. The van der Waals surface area contributed by atoms with Crippen LogP contribution in [0, 0.1) is 12.7 Å². The highest BCUT2D eigenvalue weighted by atomic mass is 19.1. The van der Waals surface area contributed by atoms with Crippen LogP contribution in [0.2, 0.25) is 0 Å². The summed E-state index contributed by atoms with van der Waals surface area (Å²) in [5.74, 6) is -0.163. The minimum atomic E-state index is -0.388. The Bertz CT molecular complexity index is 756. The van der Waals surface area contributed by atoms with Gasteiger partial charge in [0, 0.05) is 30.5 Å². The number of hydrogen-bond acceptors (Lipinski definition) is 5. The Kier molecular flexibility index (Phi) is 6.12. The highest BCUT2D eigenvalue weighted by Gasteiger charge is 2.24. The molecule has 2 aromatic rings. The number of amides is 1. The smallest absolute Gasteiger partial charge is 0.260 e. The summed E-state index contributed by atoms with van der Waals surface area (Å²) in [6.45, 7) is 3.38. The molecule has 3 rings (SSSR count). The van der Waals surface area contributed by atoms with Gasteiger partial charge in [0.15, 0.2) is 6.61 Å². The first-order valence-corrected chi connectivity index (χ1v) is 8.65. The Labute approximate surface area is 152 Å². The van der Waals surface area contributed by atoms with Crippen molar-refractivity contribution >= 4 is 5.91 Å². The van der Waals surface area contributed by atoms with Crippen molar-refractivity contribution in [2.24, 2.45) is 0 Å². The highest BCUT2D eigenvalue weighted by molar-refractivity contribution is 5.77. The molecular weight excluding hydrogens is 337 g/mol. The van der Waals surface area contributed by atoms with Crippen molar-refractivity contribution in [1.82, 2.24) is 14.9 Å². The number of nitrogens with zero attached hydrogens (tertiary/aromatic N) is 3. The zero-order valence-electron chi connectivity index (χ0n) is 14.7. The molecule has 0 spiro atoms. The Hall–Kier alpha value is -2.54. The molecule has 1 atom stereocenters. The first-order valence-electron chi connectivity index (χ1n) is 8.65. The van der Waals surface area contributed by atoms with E-state index in [2.05, 4.69) is 9.97 Å². The minimum absolute atomic E-state index is 0.0304. The number of aromatic nitrogens is 2. The number of rotatable bonds is 6. The lowest BCUT2D eigenvalue weighted by Gasteiger charge is -2.33. The van der Waals surface area contributed by atoms with E-state index in [9.17, 15) is 9.18 Å². The van der Waals surface area contributed by atoms with Gasteiger partial charge in [-0.05, 0) is 38.0 Å². The van der Waals surface area contributed by atoms with E-state index in [1.54, 1.807) is 23.4 Å². The van der Waals surface area contributed by atoms with Gasteiger partial charge in [0.05, 0.1) is 12.7 Å². The maximum absolute atomic E-state index is 13.1. The van der Waals surface area contributed by atoms with Gasteiger partial charge in [-0.25, -0.2) is 14.4 Å². The van der Waals surface area contributed by atoms with Crippen molar-refractivity contribution < 1.29 is 18.7 Å². The van der Waals surface area contributed by atoms with E-state index in [1.165, 1.54) is 12.1 Å². The van der Waals surface area contributed by atoms with Gasteiger partial charge in [0.1, 0.15) is 17.9 Å². The number of ether oxygens (including phenoxy) is 2. The van der Waals surface area contributed by atoms with Crippen LogP contribution in [0.1, 0.15) is 17.8 Å². The van der Waals surface area contributed by atoms with Crippen LogP contribution in [0.3, 0.4) is 0 Å². The van der Waals surface area contributed by atoms with E-state index >= 15 is 0 Å². The number of aryl methyl sites for hydroxylation is 2. The van der Waals surface area contributed by atoms with Crippen LogP contribution in [0.4, 0.5) is 4.39 Å². The lowest BCUT2D eigenvalue weighted by molar-refractivity contribution is -0.141. The van der Waals surface area contributed by atoms with E-state index in [0.29, 0.717) is 25.4 Å². The summed E-state index contributed by atoms with van der Waals surface area (Å²) in [5.41, 5.74) is 1.91. The number of carbonyl (C=O) groups excluding carboxylic acids is 1. The molecule has 0 radical (unpaired) electrons. The maximum Gasteiger partial charge on any atom is 0.260 e. The standard InChI is InChI=1S/C19H22FN3O3/c1-14-9-16(22-13-21-14)5-6-18-11-23(7-8-25-18)19(24)12-26-17-4-2-3-15(20)10-17/h2-4,9-10,13,18H,5-8,11-12H2,1H3. The first kappa shape index (κ1) is 18.3. The summed E-state index contributed by atoms with van der Waals surface area (Å²) < 4.78 is 24.3. The molecule has 6 nitrogen and oxygen atoms in total. The number of carbonyl (C=O) groups is 1. The molecule has 26 heavy (non-hydrogen) atoms. The van der Waals surface area contributed by atoms with Crippen molar-refractivity contribution in [2.75, 3.05) is 26.3 Å². The van der Waals surface area contributed by atoms with Crippen LogP contribution >= 0.6 is 0 Å². The van der Waals surface area contributed by atoms with Crippen LogP contribution < -0.4 is 4.74 Å². The van der Waals surface area contributed by atoms with Gasteiger partial charge in [0.25, 0.3) is 5.91 Å². The van der Waals surface area contributed by atoms with Crippen molar-refractivity contribution in [3.63, 3.8) is 0 Å². The zero-order chi connectivity index (χ0) is 18.4. The second kappa shape index (κ2) is 8.71. The predicted molar refractivity (Wildman–Crippen MR) is 93.3 cm³/mol. The van der Waals surface area contributed by atoms with Gasteiger partial charge < -0.3 is 14.4 Å². The Morgan fingerprint density at radius 2 is 2.27 bits per heavy atom. The van der Waals surface area contributed by atoms with E-state index in [4.69, 9.17) is 9.47 Å². The topological polar surface area (TPSA) is 64.6 Å². The van der Waals surface area contributed by atoms with Crippen molar-refractivity contribution in [3.8, 4) is 5.75 Å². The number of benzene rings is 1. The fourth-order valence-corrected chi connectivity index (χ4v) is 2.87. The normalized spacial score (nSPS) is 17.2. The molecule has 1 unspecified atom stereocenters. The van der Waals surface area contributed by atoms with Crippen LogP contribution in [-0.4, -0.2) is 53.2 Å². The quantitative estimate of drug-likeness (QED) is 0.791. The third-order valence-corrected chi connectivity index (χ3v) is 4.23. The van der Waals surface area contributed by atoms with Crippen molar-refractivity contribution in [2.45, 2.75) is 25.9 Å². The summed E-state index contributed by atoms with van der Waals surface area (Å²) in [5, 5.41) is 0. The summed E-state index contributed by atoms with van der Waals surface area (Å²) in [6.07, 6.45) is 3.09. The molecule has 1 aromatic carbocycles. The van der Waals surface area contributed by atoms with Gasteiger partial charge in [0.2, 0.25) is 0 Å². The molecule has 0 N–H and O–H groups in total. The van der Waals surface area contributed by atoms with Crippen molar-refractivity contribution in [3.05, 3.63) is 53.9 Å². The van der Waals surface area contributed by atoms with E-state index < -0.39 is 0 Å². The average molecular weight is 359 g/mol. The second-order valence-corrected chi connectivity index (χ2v) is 6.27. The molecule has 0 bridgehead atoms. The average Bonchev–Trinajstić information content (AvgIpc) is 2.65. The van der Waals surface area contributed by atoms with Gasteiger partial charge in [-0.3, -0.25) is 4.79 Å². The predicted octanol–water partition coefficient (Wildman–Crippen LogP) is 2.16. The van der Waals surface area contributed by atoms with Gasteiger partial charge >= 0.3 is 0 Å². The summed E-state index contributed by atoms with van der Waals surface area (Å²) in [6, 6.07) is 7.73. The number of halogens is 1. The number of morpholine rings is 1.